The van der Waals surface area contributed by atoms with Crippen molar-refractivity contribution in [2.45, 2.75) is 0 Å². The number of allylic oxidation sites excluding steroid dienone is 1. The summed E-state index contributed by atoms with van der Waals surface area (Å²) in [6.45, 7) is 3.81. The van der Waals surface area contributed by atoms with Gasteiger partial charge in [0, 0.05) is 16.0 Å². The molecule has 1 fully saturated rings. The normalized spacial score (nSPS) is 15.2. The Labute approximate surface area is 196 Å². The van der Waals surface area contributed by atoms with Crippen molar-refractivity contribution >= 4 is 34.2 Å². The molecule has 6 nitrogen and oxygen atoms in total. The highest BCUT2D eigenvalue weighted by Crippen LogP contribution is 2.29. The molecular weight excluding hydrogens is 444 g/mol. The number of ether oxygens (including phenoxy) is 1. The fourth-order valence-electron chi connectivity index (χ4n) is 3.83. The Morgan fingerprint density at radius 2 is 1.94 bits per heavy atom. The molecule has 2 N–H and O–H groups in total. The van der Waals surface area contributed by atoms with Gasteiger partial charge in [0.15, 0.2) is 5.76 Å². The zero-order chi connectivity index (χ0) is 22.5. The third kappa shape index (κ3) is 4.89. The van der Waals surface area contributed by atoms with Gasteiger partial charge in [0.05, 0.1) is 44.7 Å². The van der Waals surface area contributed by atoms with E-state index in [1.165, 1.54) is 16.2 Å². The summed E-state index contributed by atoms with van der Waals surface area (Å²) in [5.41, 5.74) is 3.02. The lowest BCUT2D eigenvalue weighted by molar-refractivity contribution is -0.897. The minimum absolute atomic E-state index is 0.0882. The first-order chi connectivity index (χ1) is 15.6. The van der Waals surface area contributed by atoms with Crippen LogP contribution < -0.4 is 14.5 Å². The number of methoxy groups -OCH3 is 1. The molecule has 0 aliphatic carbocycles. The van der Waals surface area contributed by atoms with Gasteiger partial charge in [-0.1, -0.05) is 35.9 Å². The number of aromatic nitrogens is 1. The zero-order valence-corrected chi connectivity index (χ0v) is 19.3. The smallest absolute Gasteiger partial charge is 0.168 e. The molecule has 1 aliphatic rings. The lowest BCUT2D eigenvalue weighted by Gasteiger charge is -2.34. The predicted octanol–water partition coefficient (Wildman–Crippen LogP) is 3.67. The summed E-state index contributed by atoms with van der Waals surface area (Å²) in [7, 11) is 1.68. The third-order valence-electron chi connectivity index (χ3n) is 5.57. The molecule has 164 valence electrons. The van der Waals surface area contributed by atoms with Gasteiger partial charge in [-0.2, -0.15) is 5.26 Å². The van der Waals surface area contributed by atoms with Crippen LogP contribution in [0.2, 0.25) is 5.02 Å². The molecule has 4 rings (SSSR count). The number of thiazole rings is 1. The average molecular weight is 468 g/mol. The van der Waals surface area contributed by atoms with E-state index in [2.05, 4.69) is 22.0 Å². The van der Waals surface area contributed by atoms with Crippen molar-refractivity contribution in [3.63, 3.8) is 0 Å². The molecule has 0 saturated carbocycles. The highest BCUT2D eigenvalue weighted by atomic mass is 35.5. The van der Waals surface area contributed by atoms with Crippen LogP contribution in [-0.2, 0) is 0 Å². The fourth-order valence-corrected chi connectivity index (χ4v) is 4.80. The summed E-state index contributed by atoms with van der Waals surface area (Å²) in [5.74, 6) is 0.955. The SMILES string of the molecule is COc1ccccc1N1CC[NH+](C/C(O)=C(\C#N)c2nc(-c3ccc(Cl)cc3)cs2)CC1. The number of aliphatic hydroxyl groups is 1. The van der Waals surface area contributed by atoms with Gasteiger partial charge >= 0.3 is 0 Å². The Morgan fingerprint density at radius 1 is 1.22 bits per heavy atom. The van der Waals surface area contributed by atoms with E-state index >= 15 is 0 Å². The van der Waals surface area contributed by atoms with Gasteiger partial charge in [0.1, 0.15) is 28.9 Å². The quantitative estimate of drug-likeness (QED) is 0.427. The molecule has 0 bridgehead atoms. The van der Waals surface area contributed by atoms with Gasteiger partial charge in [-0.3, -0.25) is 0 Å². The number of hydrogen-bond acceptors (Lipinski definition) is 6. The lowest BCUT2D eigenvalue weighted by Crippen LogP contribution is -3.15. The van der Waals surface area contributed by atoms with E-state index in [4.69, 9.17) is 16.3 Å². The molecule has 8 heteroatoms. The maximum Gasteiger partial charge on any atom is 0.168 e. The molecule has 1 saturated heterocycles. The molecule has 2 aromatic carbocycles. The molecule has 32 heavy (non-hydrogen) atoms. The minimum atomic E-state index is 0.0882. The van der Waals surface area contributed by atoms with E-state index in [0.717, 1.165) is 48.9 Å². The van der Waals surface area contributed by atoms with Crippen molar-refractivity contribution in [3.8, 4) is 23.1 Å². The molecule has 0 unspecified atom stereocenters. The molecule has 3 aromatic rings. The molecule has 0 amide bonds. The second kappa shape index (κ2) is 10.0. The average Bonchev–Trinajstić information content (AvgIpc) is 3.30. The van der Waals surface area contributed by atoms with Gasteiger partial charge < -0.3 is 19.6 Å². The van der Waals surface area contributed by atoms with Crippen molar-refractivity contribution in [1.29, 1.82) is 5.26 Å². The van der Waals surface area contributed by atoms with E-state index in [-0.39, 0.29) is 11.3 Å². The largest absolute Gasteiger partial charge is 0.506 e. The second-order valence-electron chi connectivity index (χ2n) is 7.56. The summed E-state index contributed by atoms with van der Waals surface area (Å²) >= 11 is 7.31. The van der Waals surface area contributed by atoms with Crippen molar-refractivity contribution < 1.29 is 14.7 Å². The third-order valence-corrected chi connectivity index (χ3v) is 6.68. The predicted molar refractivity (Wildman–Crippen MR) is 128 cm³/mol. The van der Waals surface area contributed by atoms with Gasteiger partial charge in [-0.25, -0.2) is 4.98 Å². The lowest BCUT2D eigenvalue weighted by atomic mass is 10.2. The minimum Gasteiger partial charge on any atom is -0.506 e. The van der Waals surface area contributed by atoms with Crippen LogP contribution in [0.4, 0.5) is 5.69 Å². The van der Waals surface area contributed by atoms with Gasteiger partial charge in [0.25, 0.3) is 0 Å². The van der Waals surface area contributed by atoms with Crippen LogP contribution in [0.5, 0.6) is 5.75 Å². The number of para-hydroxylation sites is 2. The summed E-state index contributed by atoms with van der Waals surface area (Å²) in [6.07, 6.45) is 0. The maximum absolute atomic E-state index is 10.7. The first-order valence-electron chi connectivity index (χ1n) is 10.3. The standard InChI is InChI=1S/C24H23ClN4O2S/c1-31-23-5-3-2-4-21(23)29-12-10-28(11-13-29)15-22(30)19(14-26)24-27-20(16-32-24)17-6-8-18(25)9-7-17/h2-9,16,30H,10-13,15H2,1H3/p+1/b22-19-. The molecule has 1 aromatic heterocycles. The Kier molecular flexibility index (Phi) is 6.96. The Morgan fingerprint density at radius 3 is 2.62 bits per heavy atom. The Hall–Kier alpha value is -3.05. The number of rotatable bonds is 6. The monoisotopic (exact) mass is 467 g/mol. The topological polar surface area (TPSA) is 73.8 Å². The van der Waals surface area contributed by atoms with Crippen LogP contribution in [0.15, 0.2) is 59.7 Å². The van der Waals surface area contributed by atoms with Crippen LogP contribution in [0.1, 0.15) is 5.01 Å². The molecule has 0 radical (unpaired) electrons. The first kappa shape index (κ1) is 22.2. The number of piperazine rings is 1. The van der Waals surface area contributed by atoms with Crippen LogP contribution >= 0.6 is 22.9 Å². The summed E-state index contributed by atoms with van der Waals surface area (Å²) < 4.78 is 5.48. The highest BCUT2D eigenvalue weighted by molar-refractivity contribution is 7.11. The molecule has 0 atom stereocenters. The number of hydrogen-bond donors (Lipinski definition) is 2. The second-order valence-corrected chi connectivity index (χ2v) is 8.86. The van der Waals surface area contributed by atoms with Crippen molar-refractivity contribution in [2.75, 3.05) is 44.7 Å². The number of halogens is 1. The van der Waals surface area contributed by atoms with Crippen LogP contribution in [0.25, 0.3) is 16.8 Å². The van der Waals surface area contributed by atoms with E-state index in [1.807, 2.05) is 47.8 Å². The molecule has 1 aliphatic heterocycles. The molecule has 2 heterocycles. The van der Waals surface area contributed by atoms with E-state index in [1.54, 1.807) is 7.11 Å². The summed E-state index contributed by atoms with van der Waals surface area (Å²) in [6, 6.07) is 17.6. The van der Waals surface area contributed by atoms with Crippen molar-refractivity contribution in [3.05, 3.63) is 69.7 Å². The summed E-state index contributed by atoms with van der Waals surface area (Å²) in [4.78, 5) is 8.10. The van der Waals surface area contributed by atoms with Gasteiger partial charge in [-0.15, -0.1) is 11.3 Å². The summed E-state index contributed by atoms with van der Waals surface area (Å²) in [5, 5.41) is 23.5. The van der Waals surface area contributed by atoms with Crippen molar-refractivity contribution in [1.82, 2.24) is 4.98 Å². The van der Waals surface area contributed by atoms with E-state index in [0.29, 0.717) is 16.6 Å². The van der Waals surface area contributed by atoms with Crippen LogP contribution in [0, 0.1) is 11.3 Å². The number of nitrogens with one attached hydrogen (secondary N) is 1. The fraction of sp³-hybridized carbons (Fsp3) is 0.250. The Balaban J connectivity index is 1.43. The number of aliphatic hydroxyl groups excluding tert-OH is 1. The van der Waals surface area contributed by atoms with Crippen molar-refractivity contribution in [2.24, 2.45) is 0 Å². The maximum atomic E-state index is 10.7. The van der Waals surface area contributed by atoms with E-state index in [9.17, 15) is 10.4 Å². The number of nitriles is 1. The number of benzene rings is 2. The highest BCUT2D eigenvalue weighted by Gasteiger charge is 2.24. The van der Waals surface area contributed by atoms with Gasteiger partial charge in [0.2, 0.25) is 0 Å². The Bertz CT molecular complexity index is 1150. The number of quaternary nitrogens is 1. The van der Waals surface area contributed by atoms with Gasteiger partial charge in [-0.05, 0) is 24.3 Å². The zero-order valence-electron chi connectivity index (χ0n) is 17.7. The van der Waals surface area contributed by atoms with Crippen LogP contribution in [-0.4, -0.2) is 49.9 Å². The molecular formula is C24H24ClN4O2S+. The van der Waals surface area contributed by atoms with Crippen LogP contribution in [0.3, 0.4) is 0 Å². The first-order valence-corrected chi connectivity index (χ1v) is 11.6. The number of nitrogens with zero attached hydrogens (tertiary/aromatic N) is 3. The molecule has 0 spiro atoms. The number of anilines is 1. The van der Waals surface area contributed by atoms with E-state index < -0.39 is 0 Å².